The lowest BCUT2D eigenvalue weighted by atomic mass is 10.0. The van der Waals surface area contributed by atoms with Gasteiger partial charge in [0.15, 0.2) is 0 Å². The summed E-state index contributed by atoms with van der Waals surface area (Å²) in [6.45, 7) is 0. The molecular weight excluding hydrogens is 413 g/mol. The Bertz CT molecular complexity index is 1100. The molecule has 28 heavy (non-hydrogen) atoms. The number of nitrogens with two attached hydrogens (primary N) is 1. The van der Waals surface area contributed by atoms with Gasteiger partial charge < -0.3 is 5.73 Å². The molecule has 2 aromatic carbocycles. The van der Waals surface area contributed by atoms with Gasteiger partial charge in [-0.2, -0.15) is 0 Å². The molecule has 2 aromatic heterocycles. The third-order valence-electron chi connectivity index (χ3n) is 4.30. The maximum Gasteiger partial charge on any atom is 0.220 e. The molecule has 140 valence electrons. The minimum absolute atomic E-state index is 0.218. The van der Waals surface area contributed by atoms with Gasteiger partial charge in [-0.1, -0.05) is 64.1 Å². The van der Waals surface area contributed by atoms with E-state index in [9.17, 15) is 0 Å². The number of aryl methyl sites for hydroxylation is 2. The third-order valence-corrected chi connectivity index (χ3v) is 5.63. The highest BCUT2D eigenvalue weighted by atomic mass is 35.5. The van der Waals surface area contributed by atoms with E-state index in [4.69, 9.17) is 28.9 Å². The largest absolute Gasteiger partial charge is 0.368 e. The van der Waals surface area contributed by atoms with E-state index in [0.29, 0.717) is 15.7 Å². The number of anilines is 1. The fourth-order valence-corrected chi connectivity index (χ4v) is 3.75. The summed E-state index contributed by atoms with van der Waals surface area (Å²) >= 11 is 13.8. The van der Waals surface area contributed by atoms with Gasteiger partial charge in [0, 0.05) is 22.2 Å². The van der Waals surface area contributed by atoms with Crippen LogP contribution in [0.25, 0.3) is 22.5 Å². The van der Waals surface area contributed by atoms with E-state index in [2.05, 4.69) is 43.8 Å². The SMILES string of the molecule is Nc1nc(CCc2ccc(-c3csnn3)cc2)cc(-c2cccc(Cl)c2Cl)n1. The van der Waals surface area contributed by atoms with Crippen molar-refractivity contribution in [3.05, 3.63) is 75.2 Å². The average Bonchev–Trinajstić information content (AvgIpc) is 3.23. The van der Waals surface area contributed by atoms with Crippen LogP contribution in [-0.4, -0.2) is 19.6 Å². The molecule has 4 rings (SSSR count). The Labute approximate surface area is 176 Å². The molecule has 0 fully saturated rings. The zero-order valence-electron chi connectivity index (χ0n) is 14.6. The lowest BCUT2D eigenvalue weighted by Gasteiger charge is -2.09. The van der Waals surface area contributed by atoms with E-state index in [1.165, 1.54) is 17.1 Å². The number of aromatic nitrogens is 4. The van der Waals surface area contributed by atoms with Crippen molar-refractivity contribution in [1.29, 1.82) is 0 Å². The molecule has 0 unspecified atom stereocenters. The molecule has 0 amide bonds. The lowest BCUT2D eigenvalue weighted by molar-refractivity contribution is 0.907. The van der Waals surface area contributed by atoms with Crippen LogP contribution in [0, 0.1) is 0 Å². The van der Waals surface area contributed by atoms with Gasteiger partial charge in [0.05, 0.1) is 15.7 Å². The maximum absolute atomic E-state index is 6.32. The summed E-state index contributed by atoms with van der Waals surface area (Å²) in [7, 11) is 0. The first-order valence-corrected chi connectivity index (χ1v) is 10.1. The van der Waals surface area contributed by atoms with Crippen LogP contribution in [-0.2, 0) is 12.8 Å². The molecule has 0 atom stereocenters. The monoisotopic (exact) mass is 427 g/mol. The van der Waals surface area contributed by atoms with Gasteiger partial charge in [0.2, 0.25) is 5.95 Å². The summed E-state index contributed by atoms with van der Waals surface area (Å²) in [4.78, 5) is 8.67. The molecule has 0 saturated heterocycles. The first-order valence-electron chi connectivity index (χ1n) is 8.54. The summed E-state index contributed by atoms with van der Waals surface area (Å²) in [6, 6.07) is 15.6. The Morgan fingerprint density at radius 3 is 2.50 bits per heavy atom. The van der Waals surface area contributed by atoms with Crippen molar-refractivity contribution in [1.82, 2.24) is 19.6 Å². The molecule has 0 aliphatic rings. The van der Waals surface area contributed by atoms with E-state index < -0.39 is 0 Å². The second kappa shape index (κ2) is 8.22. The van der Waals surface area contributed by atoms with Crippen molar-refractivity contribution >= 4 is 40.7 Å². The Kier molecular flexibility index (Phi) is 5.52. The molecule has 0 aliphatic heterocycles. The minimum atomic E-state index is 0.218. The fraction of sp³-hybridized carbons (Fsp3) is 0.100. The molecule has 0 radical (unpaired) electrons. The van der Waals surface area contributed by atoms with Gasteiger partial charge in [0.1, 0.15) is 5.69 Å². The Morgan fingerprint density at radius 1 is 0.929 bits per heavy atom. The smallest absolute Gasteiger partial charge is 0.220 e. The standard InChI is InChI=1S/C20H15Cl2N5S/c21-16-3-1-2-15(19(16)22)17-10-14(24-20(23)25-17)9-6-12-4-7-13(8-5-12)18-11-28-27-26-18/h1-5,7-8,10-11H,6,9H2,(H2,23,24,25). The number of hydrogen-bond donors (Lipinski definition) is 1. The maximum atomic E-state index is 6.32. The predicted molar refractivity (Wildman–Crippen MR) is 115 cm³/mol. The number of nitrogens with zero attached hydrogens (tertiary/aromatic N) is 4. The molecule has 0 spiro atoms. The lowest BCUT2D eigenvalue weighted by Crippen LogP contribution is -2.03. The quantitative estimate of drug-likeness (QED) is 0.465. The Balaban J connectivity index is 1.52. The van der Waals surface area contributed by atoms with Crippen LogP contribution in [0.3, 0.4) is 0 Å². The van der Waals surface area contributed by atoms with Crippen LogP contribution < -0.4 is 5.73 Å². The molecular formula is C20H15Cl2N5S. The number of rotatable bonds is 5. The number of hydrogen-bond acceptors (Lipinski definition) is 6. The molecule has 2 N–H and O–H groups in total. The van der Waals surface area contributed by atoms with Crippen molar-refractivity contribution in [3.8, 4) is 22.5 Å². The molecule has 0 saturated carbocycles. The zero-order chi connectivity index (χ0) is 19.5. The van der Waals surface area contributed by atoms with Crippen LogP contribution in [0.1, 0.15) is 11.3 Å². The van der Waals surface area contributed by atoms with Gasteiger partial charge in [0.25, 0.3) is 0 Å². The highest BCUT2D eigenvalue weighted by Crippen LogP contribution is 2.33. The van der Waals surface area contributed by atoms with Crippen LogP contribution in [0.4, 0.5) is 5.95 Å². The van der Waals surface area contributed by atoms with Crippen molar-refractivity contribution in [2.45, 2.75) is 12.8 Å². The third kappa shape index (κ3) is 4.14. The average molecular weight is 428 g/mol. The van der Waals surface area contributed by atoms with Crippen molar-refractivity contribution in [2.24, 2.45) is 0 Å². The van der Waals surface area contributed by atoms with E-state index >= 15 is 0 Å². The Hall–Kier alpha value is -2.54. The summed E-state index contributed by atoms with van der Waals surface area (Å²) in [5.41, 5.74) is 11.3. The first kappa shape index (κ1) is 18.8. The summed E-state index contributed by atoms with van der Waals surface area (Å²) in [5, 5.41) is 6.96. The van der Waals surface area contributed by atoms with Crippen molar-refractivity contribution in [3.63, 3.8) is 0 Å². The minimum Gasteiger partial charge on any atom is -0.368 e. The summed E-state index contributed by atoms with van der Waals surface area (Å²) < 4.78 is 3.90. The zero-order valence-corrected chi connectivity index (χ0v) is 17.0. The van der Waals surface area contributed by atoms with Gasteiger partial charge in [-0.15, -0.1) is 5.10 Å². The van der Waals surface area contributed by atoms with E-state index in [1.807, 2.05) is 23.6 Å². The van der Waals surface area contributed by atoms with Gasteiger partial charge >= 0.3 is 0 Å². The van der Waals surface area contributed by atoms with Crippen molar-refractivity contribution in [2.75, 3.05) is 5.73 Å². The Morgan fingerprint density at radius 2 is 1.75 bits per heavy atom. The summed E-state index contributed by atoms with van der Waals surface area (Å²) in [6.07, 6.45) is 1.56. The second-order valence-electron chi connectivity index (χ2n) is 6.19. The number of nitrogen functional groups attached to an aromatic ring is 1. The highest BCUT2D eigenvalue weighted by molar-refractivity contribution is 7.03. The first-order chi connectivity index (χ1) is 13.6. The molecule has 5 nitrogen and oxygen atoms in total. The fourth-order valence-electron chi connectivity index (χ4n) is 2.89. The van der Waals surface area contributed by atoms with E-state index in [0.717, 1.165) is 35.4 Å². The van der Waals surface area contributed by atoms with Crippen molar-refractivity contribution < 1.29 is 0 Å². The molecule has 0 bridgehead atoms. The van der Waals surface area contributed by atoms with Crippen LogP contribution in [0.15, 0.2) is 53.9 Å². The molecule has 2 heterocycles. The normalized spacial score (nSPS) is 10.9. The molecule has 0 aliphatic carbocycles. The van der Waals surface area contributed by atoms with Gasteiger partial charge in [-0.05, 0) is 42.1 Å². The van der Waals surface area contributed by atoms with Crippen LogP contribution in [0.2, 0.25) is 10.0 Å². The topological polar surface area (TPSA) is 77.6 Å². The van der Waals surface area contributed by atoms with Crippen LogP contribution >= 0.6 is 34.7 Å². The predicted octanol–water partition coefficient (Wildman–Crippen LogP) is 5.34. The summed E-state index contributed by atoms with van der Waals surface area (Å²) in [5.74, 6) is 0.218. The van der Waals surface area contributed by atoms with E-state index in [-0.39, 0.29) is 5.95 Å². The highest BCUT2D eigenvalue weighted by Gasteiger charge is 2.11. The van der Waals surface area contributed by atoms with Crippen LogP contribution in [0.5, 0.6) is 0 Å². The van der Waals surface area contributed by atoms with Gasteiger partial charge in [-0.3, -0.25) is 0 Å². The number of halogens is 2. The molecule has 4 aromatic rings. The number of benzene rings is 2. The van der Waals surface area contributed by atoms with Gasteiger partial charge in [-0.25, -0.2) is 9.97 Å². The second-order valence-corrected chi connectivity index (χ2v) is 7.59. The van der Waals surface area contributed by atoms with E-state index in [1.54, 1.807) is 6.07 Å². The molecule has 8 heteroatoms.